The molecule has 0 radical (unpaired) electrons. The van der Waals surface area contributed by atoms with Crippen LogP contribution in [0.5, 0.6) is 0 Å². The molecule has 1 fully saturated rings. The van der Waals surface area contributed by atoms with Crippen molar-refractivity contribution in [2.24, 2.45) is 5.92 Å². The van der Waals surface area contributed by atoms with Crippen LogP contribution >= 0.6 is 0 Å². The van der Waals surface area contributed by atoms with Crippen LogP contribution in [0, 0.1) is 16.0 Å². The Morgan fingerprint density at radius 2 is 2.18 bits per heavy atom. The number of anilines is 1. The maximum absolute atomic E-state index is 11.8. The zero-order chi connectivity index (χ0) is 12.3. The van der Waals surface area contributed by atoms with Gasteiger partial charge in [-0.05, 0) is 18.9 Å². The Kier molecular flexibility index (Phi) is 3.32. The summed E-state index contributed by atoms with van der Waals surface area (Å²) in [4.78, 5) is 25.7. The zero-order valence-corrected chi connectivity index (χ0v) is 9.26. The summed E-state index contributed by atoms with van der Waals surface area (Å²) in [5.74, 6) is -0.139. The van der Waals surface area contributed by atoms with Crippen molar-refractivity contribution in [3.8, 4) is 0 Å². The maximum atomic E-state index is 11.8. The molecule has 0 unspecified atom stereocenters. The summed E-state index contributed by atoms with van der Waals surface area (Å²) in [5.41, 5.74) is 0.0562. The molecule has 0 atom stereocenters. The smallest absolute Gasteiger partial charge is 0.310 e. The molecule has 90 valence electrons. The molecule has 6 nitrogen and oxygen atoms in total. The van der Waals surface area contributed by atoms with E-state index in [0.717, 1.165) is 31.9 Å². The predicted octanol–water partition coefficient (Wildman–Crippen LogP) is 2.12. The Balaban J connectivity index is 2.12. The van der Waals surface area contributed by atoms with E-state index in [1.807, 2.05) is 0 Å². The highest BCUT2D eigenvalue weighted by Crippen LogP contribution is 2.28. The van der Waals surface area contributed by atoms with E-state index in [-0.39, 0.29) is 23.2 Å². The lowest BCUT2D eigenvalue weighted by atomic mass is 10.1. The third kappa shape index (κ3) is 2.58. The summed E-state index contributed by atoms with van der Waals surface area (Å²) in [5, 5.41) is 13.4. The third-order valence-electron chi connectivity index (χ3n) is 2.98. The molecule has 1 aromatic heterocycles. The number of hydrogen-bond donors (Lipinski definition) is 1. The van der Waals surface area contributed by atoms with Crippen molar-refractivity contribution in [1.82, 2.24) is 4.98 Å². The Morgan fingerprint density at radius 1 is 1.47 bits per heavy atom. The van der Waals surface area contributed by atoms with Crippen molar-refractivity contribution in [2.75, 3.05) is 5.32 Å². The lowest BCUT2D eigenvalue weighted by Crippen LogP contribution is -2.20. The largest absolute Gasteiger partial charge is 0.320 e. The third-order valence-corrected chi connectivity index (χ3v) is 2.98. The van der Waals surface area contributed by atoms with Gasteiger partial charge in [0.1, 0.15) is 11.9 Å². The number of nitrogens with zero attached hydrogens (tertiary/aromatic N) is 2. The first kappa shape index (κ1) is 11.5. The summed E-state index contributed by atoms with van der Waals surface area (Å²) in [6.45, 7) is 0. The van der Waals surface area contributed by atoms with E-state index in [1.54, 1.807) is 0 Å². The number of carbonyl (C=O) groups is 1. The number of pyridine rings is 1. The molecular formula is C11H13N3O3. The number of hydrogen-bond acceptors (Lipinski definition) is 4. The van der Waals surface area contributed by atoms with Gasteiger partial charge in [0.15, 0.2) is 0 Å². The highest BCUT2D eigenvalue weighted by atomic mass is 16.6. The van der Waals surface area contributed by atoms with Gasteiger partial charge in [0, 0.05) is 12.1 Å². The van der Waals surface area contributed by atoms with Gasteiger partial charge in [0.2, 0.25) is 5.91 Å². The van der Waals surface area contributed by atoms with E-state index < -0.39 is 4.92 Å². The number of nitro groups is 1. The normalized spacial score (nSPS) is 15.8. The molecule has 1 aliphatic carbocycles. The van der Waals surface area contributed by atoms with Gasteiger partial charge in [-0.2, -0.15) is 0 Å². The van der Waals surface area contributed by atoms with Crippen LogP contribution in [-0.2, 0) is 4.79 Å². The molecule has 1 saturated carbocycles. The molecule has 1 aromatic rings. The minimum Gasteiger partial charge on any atom is -0.320 e. The predicted molar refractivity (Wildman–Crippen MR) is 61.5 cm³/mol. The number of amides is 1. The fourth-order valence-corrected chi connectivity index (χ4v) is 2.06. The van der Waals surface area contributed by atoms with E-state index in [1.165, 1.54) is 12.3 Å². The van der Waals surface area contributed by atoms with Gasteiger partial charge in [-0.15, -0.1) is 0 Å². The molecule has 1 aliphatic rings. The highest BCUT2D eigenvalue weighted by Gasteiger charge is 2.24. The van der Waals surface area contributed by atoms with Crippen LogP contribution in [0.25, 0.3) is 0 Å². The lowest BCUT2D eigenvalue weighted by Gasteiger charge is -2.09. The average molecular weight is 235 g/mol. The van der Waals surface area contributed by atoms with E-state index in [0.29, 0.717) is 0 Å². The highest BCUT2D eigenvalue weighted by molar-refractivity contribution is 5.94. The average Bonchev–Trinajstić information content (AvgIpc) is 2.83. The molecule has 17 heavy (non-hydrogen) atoms. The van der Waals surface area contributed by atoms with Crippen molar-refractivity contribution < 1.29 is 9.72 Å². The molecule has 6 heteroatoms. The van der Waals surface area contributed by atoms with Crippen LogP contribution in [-0.4, -0.2) is 15.8 Å². The summed E-state index contributed by atoms with van der Waals surface area (Å²) in [6, 6.07) is 1.45. The summed E-state index contributed by atoms with van der Waals surface area (Å²) in [7, 11) is 0. The molecule has 0 aromatic carbocycles. The number of rotatable bonds is 3. The fraction of sp³-hybridized carbons (Fsp3) is 0.455. The van der Waals surface area contributed by atoms with Crippen molar-refractivity contribution in [3.63, 3.8) is 0 Å². The van der Waals surface area contributed by atoms with Crippen LogP contribution in [0.3, 0.4) is 0 Å². The fourth-order valence-electron chi connectivity index (χ4n) is 2.06. The maximum Gasteiger partial charge on any atom is 0.310 e. The Labute approximate surface area is 98.2 Å². The number of carbonyl (C=O) groups excluding carboxylic acids is 1. The summed E-state index contributed by atoms with van der Waals surface area (Å²) >= 11 is 0. The van der Waals surface area contributed by atoms with Crippen molar-refractivity contribution in [3.05, 3.63) is 28.6 Å². The monoisotopic (exact) mass is 235 g/mol. The Morgan fingerprint density at radius 3 is 2.82 bits per heavy atom. The number of aromatic nitrogens is 1. The Hall–Kier alpha value is -1.98. The second-order valence-electron chi connectivity index (χ2n) is 4.12. The molecule has 0 aliphatic heterocycles. The molecule has 0 bridgehead atoms. The molecule has 1 heterocycles. The second-order valence-corrected chi connectivity index (χ2v) is 4.12. The summed E-state index contributed by atoms with van der Waals surface area (Å²) < 4.78 is 0. The lowest BCUT2D eigenvalue weighted by molar-refractivity contribution is -0.384. The van der Waals surface area contributed by atoms with Gasteiger partial charge in [0.05, 0.1) is 4.92 Å². The van der Waals surface area contributed by atoms with Crippen molar-refractivity contribution >= 4 is 17.3 Å². The van der Waals surface area contributed by atoms with Crippen molar-refractivity contribution in [1.29, 1.82) is 0 Å². The first-order valence-electron chi connectivity index (χ1n) is 5.58. The Bertz CT molecular complexity index is 441. The standard InChI is InChI=1S/C11H13N3O3/c15-11(8-3-1-2-4-8)13-9-5-6-12-7-10(9)14(16)17/h5-8H,1-4H2,(H,12,13,15). The molecular weight excluding hydrogens is 222 g/mol. The SMILES string of the molecule is O=C(Nc1ccncc1[N+](=O)[O-])C1CCCC1. The first-order valence-corrected chi connectivity index (χ1v) is 5.58. The molecule has 0 spiro atoms. The minimum atomic E-state index is -0.544. The molecule has 2 rings (SSSR count). The molecule has 0 saturated heterocycles. The van der Waals surface area contributed by atoms with Crippen LogP contribution in [0.4, 0.5) is 11.4 Å². The van der Waals surface area contributed by atoms with Crippen LogP contribution in [0.2, 0.25) is 0 Å². The van der Waals surface area contributed by atoms with Gasteiger partial charge >= 0.3 is 5.69 Å². The van der Waals surface area contributed by atoms with Gasteiger partial charge in [-0.25, -0.2) is 0 Å². The van der Waals surface area contributed by atoms with Gasteiger partial charge < -0.3 is 5.32 Å². The first-order chi connectivity index (χ1) is 8.18. The minimum absolute atomic E-state index is 0.0113. The van der Waals surface area contributed by atoms with Crippen LogP contribution in [0.1, 0.15) is 25.7 Å². The van der Waals surface area contributed by atoms with Gasteiger partial charge in [0.25, 0.3) is 0 Å². The molecule has 1 N–H and O–H groups in total. The van der Waals surface area contributed by atoms with Gasteiger partial charge in [-0.3, -0.25) is 19.9 Å². The van der Waals surface area contributed by atoms with E-state index in [2.05, 4.69) is 10.3 Å². The quantitative estimate of drug-likeness (QED) is 0.642. The molecule has 1 amide bonds. The number of nitrogens with one attached hydrogen (secondary N) is 1. The van der Waals surface area contributed by atoms with E-state index in [9.17, 15) is 14.9 Å². The van der Waals surface area contributed by atoms with Gasteiger partial charge in [-0.1, -0.05) is 12.8 Å². The van der Waals surface area contributed by atoms with Crippen molar-refractivity contribution in [2.45, 2.75) is 25.7 Å². The van der Waals surface area contributed by atoms with Crippen LogP contribution in [0.15, 0.2) is 18.5 Å². The topological polar surface area (TPSA) is 85.1 Å². The van der Waals surface area contributed by atoms with E-state index >= 15 is 0 Å². The zero-order valence-electron chi connectivity index (χ0n) is 9.26. The van der Waals surface area contributed by atoms with E-state index in [4.69, 9.17) is 0 Å². The van der Waals surface area contributed by atoms with Crippen LogP contribution < -0.4 is 5.32 Å². The summed E-state index contributed by atoms with van der Waals surface area (Å²) in [6.07, 6.45) is 6.41. The second kappa shape index (κ2) is 4.90.